The number of fused-ring (bicyclic) bond motifs is 1. The van der Waals surface area contributed by atoms with Gasteiger partial charge in [-0.05, 0) is 34.1 Å². The highest BCUT2D eigenvalue weighted by molar-refractivity contribution is 9.10. The fraction of sp³-hybridized carbons (Fsp3) is 0.235. The van der Waals surface area contributed by atoms with Gasteiger partial charge in [0.15, 0.2) is 0 Å². The number of carbonyl (C=O) groups excluding carboxylic acids is 2. The smallest absolute Gasteiger partial charge is 0.355 e. The SMILES string of the molecule is COC(=O)C1=C(C(=O)OC)N(c2ccc3ncccc3c2Br)COC1. The number of nitrogens with zero attached hydrogens (tertiary/aromatic N) is 2. The van der Waals surface area contributed by atoms with Crippen molar-refractivity contribution in [1.29, 1.82) is 0 Å². The Labute approximate surface area is 152 Å². The van der Waals surface area contributed by atoms with Crippen LogP contribution in [0.4, 0.5) is 5.69 Å². The van der Waals surface area contributed by atoms with Gasteiger partial charge in [0, 0.05) is 11.6 Å². The predicted molar refractivity (Wildman–Crippen MR) is 93.8 cm³/mol. The Morgan fingerprint density at radius 3 is 2.68 bits per heavy atom. The van der Waals surface area contributed by atoms with Crippen molar-refractivity contribution in [2.24, 2.45) is 0 Å². The number of rotatable bonds is 3. The van der Waals surface area contributed by atoms with Crippen LogP contribution in [0.1, 0.15) is 0 Å². The molecule has 0 amide bonds. The lowest BCUT2D eigenvalue weighted by atomic mass is 10.1. The Morgan fingerprint density at radius 1 is 1.20 bits per heavy atom. The molecule has 0 atom stereocenters. The van der Waals surface area contributed by atoms with Gasteiger partial charge in [-0.3, -0.25) is 4.98 Å². The van der Waals surface area contributed by atoms with Crippen LogP contribution in [0.5, 0.6) is 0 Å². The zero-order valence-electron chi connectivity index (χ0n) is 13.6. The second-order valence-electron chi connectivity index (χ2n) is 5.18. The fourth-order valence-electron chi connectivity index (χ4n) is 2.65. The van der Waals surface area contributed by atoms with Crippen LogP contribution >= 0.6 is 15.9 Å². The molecule has 0 saturated heterocycles. The Morgan fingerprint density at radius 2 is 1.96 bits per heavy atom. The van der Waals surface area contributed by atoms with E-state index in [-0.39, 0.29) is 24.6 Å². The number of carbonyl (C=O) groups is 2. The van der Waals surface area contributed by atoms with E-state index in [0.29, 0.717) is 5.69 Å². The summed E-state index contributed by atoms with van der Waals surface area (Å²) in [7, 11) is 2.51. The quantitative estimate of drug-likeness (QED) is 0.723. The Hall–Kier alpha value is -2.45. The molecule has 0 fully saturated rings. The molecule has 0 unspecified atom stereocenters. The van der Waals surface area contributed by atoms with E-state index in [0.717, 1.165) is 15.4 Å². The topological polar surface area (TPSA) is 78.0 Å². The molecule has 1 aliphatic rings. The minimum absolute atomic E-state index is 0.0274. The van der Waals surface area contributed by atoms with E-state index in [4.69, 9.17) is 14.2 Å². The fourth-order valence-corrected chi connectivity index (χ4v) is 3.33. The highest BCUT2D eigenvalue weighted by Crippen LogP contribution is 2.36. The van der Waals surface area contributed by atoms with E-state index in [9.17, 15) is 9.59 Å². The zero-order chi connectivity index (χ0) is 18.0. The highest BCUT2D eigenvalue weighted by Gasteiger charge is 2.33. The Kier molecular flexibility index (Phi) is 5.00. The van der Waals surface area contributed by atoms with E-state index < -0.39 is 11.9 Å². The number of hydrogen-bond donors (Lipinski definition) is 0. The molecule has 0 aliphatic carbocycles. The summed E-state index contributed by atoms with van der Waals surface area (Å²) in [4.78, 5) is 30.3. The number of pyridine rings is 1. The Bertz CT molecular complexity index is 880. The van der Waals surface area contributed by atoms with Crippen LogP contribution in [0.2, 0.25) is 0 Å². The first-order chi connectivity index (χ1) is 12.1. The van der Waals surface area contributed by atoms with Crippen LogP contribution in [0.15, 0.2) is 46.2 Å². The molecular formula is C17H15BrN2O5. The van der Waals surface area contributed by atoms with Crippen LogP contribution in [0, 0.1) is 0 Å². The predicted octanol–water partition coefficient (Wildman–Crippen LogP) is 2.39. The van der Waals surface area contributed by atoms with Gasteiger partial charge in [-0.1, -0.05) is 6.07 Å². The molecule has 0 spiro atoms. The number of aromatic nitrogens is 1. The van der Waals surface area contributed by atoms with Gasteiger partial charge in [-0.25, -0.2) is 9.59 Å². The van der Waals surface area contributed by atoms with Gasteiger partial charge in [0.2, 0.25) is 0 Å². The molecular weight excluding hydrogens is 392 g/mol. The summed E-state index contributed by atoms with van der Waals surface area (Å²) in [6, 6.07) is 7.35. The number of esters is 2. The molecule has 1 aliphatic heterocycles. The van der Waals surface area contributed by atoms with Crippen molar-refractivity contribution in [3.8, 4) is 0 Å². The number of benzene rings is 1. The van der Waals surface area contributed by atoms with Crippen molar-refractivity contribution in [3.05, 3.63) is 46.2 Å². The van der Waals surface area contributed by atoms with Crippen LogP contribution in [-0.2, 0) is 23.8 Å². The third-order valence-electron chi connectivity index (χ3n) is 3.82. The van der Waals surface area contributed by atoms with Gasteiger partial charge >= 0.3 is 11.9 Å². The molecule has 0 N–H and O–H groups in total. The van der Waals surface area contributed by atoms with Crippen molar-refractivity contribution >= 4 is 44.5 Å². The average molecular weight is 407 g/mol. The highest BCUT2D eigenvalue weighted by atomic mass is 79.9. The van der Waals surface area contributed by atoms with Gasteiger partial charge in [0.25, 0.3) is 0 Å². The van der Waals surface area contributed by atoms with E-state index >= 15 is 0 Å². The van der Waals surface area contributed by atoms with Crippen molar-refractivity contribution in [2.75, 3.05) is 32.5 Å². The van der Waals surface area contributed by atoms with Crippen molar-refractivity contribution in [1.82, 2.24) is 4.98 Å². The van der Waals surface area contributed by atoms with Gasteiger partial charge in [0.05, 0.1) is 42.1 Å². The third-order valence-corrected chi connectivity index (χ3v) is 4.66. The summed E-state index contributed by atoms with van der Waals surface area (Å²) in [5.41, 5.74) is 1.66. The Balaban J connectivity index is 2.19. The largest absolute Gasteiger partial charge is 0.466 e. The lowest BCUT2D eigenvalue weighted by Crippen LogP contribution is -2.39. The lowest BCUT2D eigenvalue weighted by molar-refractivity contribution is -0.140. The number of halogens is 1. The molecule has 130 valence electrons. The van der Waals surface area contributed by atoms with E-state index in [1.807, 2.05) is 18.2 Å². The molecule has 0 saturated carbocycles. The number of anilines is 1. The van der Waals surface area contributed by atoms with Gasteiger partial charge in [-0.2, -0.15) is 0 Å². The standard InChI is InChI=1S/C17H15BrN2O5/c1-23-16(21)11-8-25-9-20(15(11)17(22)24-2)13-6-5-12-10(14(13)18)4-3-7-19-12/h3-7H,8-9H2,1-2H3. The second-order valence-corrected chi connectivity index (χ2v) is 5.98. The molecule has 1 aromatic heterocycles. The van der Waals surface area contributed by atoms with E-state index in [2.05, 4.69) is 20.9 Å². The molecule has 2 aromatic rings. The first-order valence-corrected chi connectivity index (χ1v) is 8.16. The van der Waals surface area contributed by atoms with Crippen LogP contribution in [-0.4, -0.2) is 44.5 Å². The first kappa shape index (κ1) is 17.4. The van der Waals surface area contributed by atoms with Crippen LogP contribution in [0.25, 0.3) is 10.9 Å². The summed E-state index contributed by atoms with van der Waals surface area (Å²) in [6.07, 6.45) is 1.70. The molecule has 0 bridgehead atoms. The molecule has 2 heterocycles. The minimum Gasteiger partial charge on any atom is -0.466 e. The molecule has 1 aromatic carbocycles. The van der Waals surface area contributed by atoms with E-state index in [1.54, 1.807) is 17.2 Å². The molecule has 7 nitrogen and oxygen atoms in total. The number of methoxy groups -OCH3 is 2. The molecule has 8 heteroatoms. The van der Waals surface area contributed by atoms with Crippen molar-refractivity contribution in [2.45, 2.75) is 0 Å². The monoisotopic (exact) mass is 406 g/mol. The molecule has 0 radical (unpaired) electrons. The third kappa shape index (κ3) is 3.10. The number of hydrogen-bond acceptors (Lipinski definition) is 7. The minimum atomic E-state index is -0.637. The first-order valence-electron chi connectivity index (χ1n) is 7.36. The average Bonchev–Trinajstić information content (AvgIpc) is 2.66. The normalized spacial score (nSPS) is 14.6. The van der Waals surface area contributed by atoms with E-state index in [1.165, 1.54) is 14.2 Å². The van der Waals surface area contributed by atoms with Crippen LogP contribution < -0.4 is 4.90 Å². The van der Waals surface area contributed by atoms with Gasteiger partial charge < -0.3 is 19.1 Å². The van der Waals surface area contributed by atoms with Gasteiger partial charge in [-0.15, -0.1) is 0 Å². The maximum absolute atomic E-state index is 12.3. The molecule has 3 rings (SSSR count). The molecule has 25 heavy (non-hydrogen) atoms. The zero-order valence-corrected chi connectivity index (χ0v) is 15.2. The summed E-state index contributed by atoms with van der Waals surface area (Å²) in [5.74, 6) is -1.27. The number of ether oxygens (including phenoxy) is 3. The second kappa shape index (κ2) is 7.20. The summed E-state index contributed by atoms with van der Waals surface area (Å²) >= 11 is 3.56. The maximum atomic E-state index is 12.3. The van der Waals surface area contributed by atoms with Crippen molar-refractivity contribution < 1.29 is 23.8 Å². The van der Waals surface area contributed by atoms with Crippen molar-refractivity contribution in [3.63, 3.8) is 0 Å². The van der Waals surface area contributed by atoms with Crippen LogP contribution in [0.3, 0.4) is 0 Å². The lowest BCUT2D eigenvalue weighted by Gasteiger charge is -2.32. The van der Waals surface area contributed by atoms with Gasteiger partial charge in [0.1, 0.15) is 12.4 Å². The maximum Gasteiger partial charge on any atom is 0.355 e. The summed E-state index contributed by atoms with van der Waals surface area (Å²) in [6.45, 7) is 0.0651. The summed E-state index contributed by atoms with van der Waals surface area (Å²) in [5, 5.41) is 0.870. The summed E-state index contributed by atoms with van der Waals surface area (Å²) < 4.78 is 15.8.